The van der Waals surface area contributed by atoms with Gasteiger partial charge in [0.25, 0.3) is 5.91 Å². The summed E-state index contributed by atoms with van der Waals surface area (Å²) in [4.78, 5) is 32.0. The number of methoxy groups -OCH3 is 2. The van der Waals surface area contributed by atoms with Crippen LogP contribution in [0.5, 0.6) is 11.5 Å². The van der Waals surface area contributed by atoms with Crippen molar-refractivity contribution in [2.24, 2.45) is 5.92 Å². The molecule has 42 heavy (non-hydrogen) atoms. The number of ether oxygens (including phenoxy) is 2. The molecule has 3 aliphatic heterocycles. The monoisotopic (exact) mass is 567 g/mol. The number of nitrogens with one attached hydrogen (secondary N) is 1. The molecule has 3 heterocycles. The van der Waals surface area contributed by atoms with Crippen LogP contribution in [-0.2, 0) is 17.6 Å². The van der Waals surface area contributed by atoms with Gasteiger partial charge in [0.05, 0.1) is 26.2 Å². The summed E-state index contributed by atoms with van der Waals surface area (Å²) in [5.74, 6) is 1.47. The fourth-order valence-corrected chi connectivity index (χ4v) is 7.12. The van der Waals surface area contributed by atoms with Gasteiger partial charge in [-0.05, 0) is 98.1 Å². The summed E-state index contributed by atoms with van der Waals surface area (Å²) in [5.41, 5.74) is 4.90. The van der Waals surface area contributed by atoms with Crippen molar-refractivity contribution in [2.75, 3.05) is 46.9 Å². The molecule has 7 nitrogen and oxygen atoms in total. The number of piperidine rings is 1. The third-order valence-corrected chi connectivity index (χ3v) is 9.33. The summed E-state index contributed by atoms with van der Waals surface area (Å²) in [6.07, 6.45) is 5.21. The van der Waals surface area contributed by atoms with Gasteiger partial charge in [-0.2, -0.15) is 0 Å². The lowest BCUT2D eigenvalue weighted by molar-refractivity contribution is -0.124. The minimum Gasteiger partial charge on any atom is -0.493 e. The Bertz CT molecular complexity index is 1420. The molecule has 0 saturated carbocycles. The summed E-state index contributed by atoms with van der Waals surface area (Å²) in [6.45, 7) is 4.38. The molecule has 2 amide bonds. The summed E-state index contributed by atoms with van der Waals surface area (Å²) in [6, 6.07) is 21.9. The number of amides is 2. The number of carbonyl (C=O) groups excluding carboxylic acids is 2. The zero-order valence-corrected chi connectivity index (χ0v) is 24.7. The first kappa shape index (κ1) is 28.3. The number of fused-ring (bicyclic) bond motifs is 4. The van der Waals surface area contributed by atoms with E-state index in [-0.39, 0.29) is 17.9 Å². The van der Waals surface area contributed by atoms with Gasteiger partial charge in [0.15, 0.2) is 11.5 Å². The highest BCUT2D eigenvalue weighted by molar-refractivity contribution is 6.01. The van der Waals surface area contributed by atoms with Crippen LogP contribution < -0.4 is 14.8 Å². The Balaban J connectivity index is 1.12. The molecule has 0 radical (unpaired) electrons. The van der Waals surface area contributed by atoms with Crippen LogP contribution in [0.25, 0.3) is 0 Å². The quantitative estimate of drug-likeness (QED) is 0.369. The van der Waals surface area contributed by atoms with Crippen LogP contribution in [0, 0.1) is 5.92 Å². The van der Waals surface area contributed by atoms with E-state index in [4.69, 9.17) is 9.47 Å². The summed E-state index contributed by atoms with van der Waals surface area (Å²) >= 11 is 0. The molecular formula is C35H41N3O4. The van der Waals surface area contributed by atoms with Crippen molar-refractivity contribution in [3.05, 3.63) is 94.5 Å². The first-order chi connectivity index (χ1) is 20.6. The maximum Gasteiger partial charge on any atom is 0.254 e. The first-order valence-corrected chi connectivity index (χ1v) is 15.3. The molecule has 1 saturated heterocycles. The predicted octanol–water partition coefficient (Wildman–Crippen LogP) is 5.00. The highest BCUT2D eigenvalue weighted by Gasteiger charge is 2.46. The SMILES string of the molecule is COc1cc2c(cc1OC)[C@@H]1[C@@H](C(=O)NCCCN3CCC(Cc4ccccc4)CC3)c3ccccc3C(=O)N1CC2. The average Bonchev–Trinajstić information content (AvgIpc) is 3.03. The lowest BCUT2D eigenvalue weighted by Crippen LogP contribution is -2.50. The van der Waals surface area contributed by atoms with E-state index in [2.05, 4.69) is 40.5 Å². The largest absolute Gasteiger partial charge is 0.493 e. The van der Waals surface area contributed by atoms with Gasteiger partial charge < -0.3 is 24.6 Å². The summed E-state index contributed by atoms with van der Waals surface area (Å²) in [7, 11) is 3.24. The minimum absolute atomic E-state index is 0.0178. The van der Waals surface area contributed by atoms with Crippen LogP contribution in [-0.4, -0.2) is 68.6 Å². The van der Waals surface area contributed by atoms with E-state index in [1.807, 2.05) is 41.3 Å². The average molecular weight is 568 g/mol. The van der Waals surface area contributed by atoms with Gasteiger partial charge in [0.2, 0.25) is 5.91 Å². The Morgan fingerprint density at radius 2 is 1.62 bits per heavy atom. The van der Waals surface area contributed by atoms with E-state index in [9.17, 15) is 9.59 Å². The molecule has 1 fully saturated rings. The van der Waals surface area contributed by atoms with Crippen molar-refractivity contribution in [1.29, 1.82) is 0 Å². The highest BCUT2D eigenvalue weighted by atomic mass is 16.5. The lowest BCUT2D eigenvalue weighted by atomic mass is 9.75. The van der Waals surface area contributed by atoms with Crippen LogP contribution in [0.4, 0.5) is 0 Å². The second-order valence-electron chi connectivity index (χ2n) is 11.8. The van der Waals surface area contributed by atoms with Gasteiger partial charge >= 0.3 is 0 Å². The maximum absolute atomic E-state index is 14.0. The van der Waals surface area contributed by atoms with Crippen LogP contribution in [0.15, 0.2) is 66.7 Å². The fourth-order valence-electron chi connectivity index (χ4n) is 7.12. The third-order valence-electron chi connectivity index (χ3n) is 9.33. The molecule has 0 bridgehead atoms. The van der Waals surface area contributed by atoms with Crippen molar-refractivity contribution in [3.63, 3.8) is 0 Å². The van der Waals surface area contributed by atoms with Gasteiger partial charge in [-0.1, -0.05) is 48.5 Å². The standard InChI is InChI=1S/C35H41N3O4/c1-41-30-22-26-15-20-38-33(29(26)23-31(30)42-2)32(27-11-6-7-12-28(27)35(38)40)34(39)36-16-8-17-37-18-13-25(14-19-37)21-24-9-4-3-5-10-24/h3-7,9-12,22-23,25,32-33H,8,13-21H2,1-2H3,(H,36,39)/t32-,33+/m0/s1. The van der Waals surface area contributed by atoms with Crippen LogP contribution in [0.2, 0.25) is 0 Å². The molecule has 0 aliphatic carbocycles. The molecule has 7 heteroatoms. The highest BCUT2D eigenvalue weighted by Crippen LogP contribution is 2.48. The fraction of sp³-hybridized carbons (Fsp3) is 0.429. The van der Waals surface area contributed by atoms with E-state index in [1.54, 1.807) is 14.2 Å². The second kappa shape index (κ2) is 12.6. The van der Waals surface area contributed by atoms with E-state index in [1.165, 1.54) is 18.4 Å². The van der Waals surface area contributed by atoms with Gasteiger partial charge in [-0.15, -0.1) is 0 Å². The molecular weight excluding hydrogens is 526 g/mol. The summed E-state index contributed by atoms with van der Waals surface area (Å²) in [5, 5.41) is 3.24. The Hall–Kier alpha value is -3.84. The molecule has 3 aliphatic rings. The number of hydrogen-bond donors (Lipinski definition) is 1. The van der Waals surface area contributed by atoms with Crippen molar-refractivity contribution in [3.8, 4) is 11.5 Å². The van der Waals surface area contributed by atoms with Crippen molar-refractivity contribution in [1.82, 2.24) is 15.1 Å². The van der Waals surface area contributed by atoms with Crippen molar-refractivity contribution < 1.29 is 19.1 Å². The Morgan fingerprint density at radius 1 is 0.905 bits per heavy atom. The van der Waals surface area contributed by atoms with Gasteiger partial charge in [-0.3, -0.25) is 9.59 Å². The zero-order chi connectivity index (χ0) is 29.1. The Morgan fingerprint density at radius 3 is 2.38 bits per heavy atom. The maximum atomic E-state index is 14.0. The second-order valence-corrected chi connectivity index (χ2v) is 11.8. The van der Waals surface area contributed by atoms with Gasteiger partial charge in [0, 0.05) is 18.7 Å². The molecule has 6 rings (SSSR count). The van der Waals surface area contributed by atoms with E-state index in [0.717, 1.165) is 55.1 Å². The Labute approximate surface area is 248 Å². The van der Waals surface area contributed by atoms with Crippen molar-refractivity contribution >= 4 is 11.8 Å². The molecule has 0 unspecified atom stereocenters. The van der Waals surface area contributed by atoms with E-state index >= 15 is 0 Å². The van der Waals surface area contributed by atoms with E-state index < -0.39 is 5.92 Å². The van der Waals surface area contributed by atoms with Crippen LogP contribution in [0.3, 0.4) is 0 Å². The van der Waals surface area contributed by atoms with Gasteiger partial charge in [-0.25, -0.2) is 0 Å². The minimum atomic E-state index is -0.496. The molecule has 2 atom stereocenters. The molecule has 3 aromatic rings. The predicted molar refractivity (Wildman–Crippen MR) is 163 cm³/mol. The topological polar surface area (TPSA) is 71.1 Å². The molecule has 0 aromatic heterocycles. The first-order valence-electron chi connectivity index (χ1n) is 15.3. The lowest BCUT2D eigenvalue weighted by Gasteiger charge is -2.45. The smallest absolute Gasteiger partial charge is 0.254 e. The number of benzene rings is 3. The summed E-state index contributed by atoms with van der Waals surface area (Å²) < 4.78 is 11.2. The number of nitrogens with zero attached hydrogens (tertiary/aromatic N) is 2. The third kappa shape index (κ3) is 5.62. The normalized spacial score (nSPS) is 20.3. The number of hydrogen-bond acceptors (Lipinski definition) is 5. The number of rotatable bonds is 9. The van der Waals surface area contributed by atoms with Gasteiger partial charge in [0.1, 0.15) is 0 Å². The molecule has 0 spiro atoms. The Kier molecular flexibility index (Phi) is 8.47. The van der Waals surface area contributed by atoms with E-state index in [0.29, 0.717) is 36.6 Å². The van der Waals surface area contributed by atoms with Crippen LogP contribution in [0.1, 0.15) is 63.8 Å². The zero-order valence-electron chi connectivity index (χ0n) is 24.7. The number of likely N-dealkylation sites (tertiary alicyclic amines) is 1. The van der Waals surface area contributed by atoms with Crippen molar-refractivity contribution in [2.45, 2.75) is 44.1 Å². The molecule has 220 valence electrons. The molecule has 3 aromatic carbocycles. The molecule has 1 N–H and O–H groups in total. The van der Waals surface area contributed by atoms with Crippen LogP contribution >= 0.6 is 0 Å². The number of carbonyl (C=O) groups is 2.